The highest BCUT2D eigenvalue weighted by Crippen LogP contribution is 2.22. The largest absolute Gasteiger partial charge is 0.355 e. The average Bonchev–Trinajstić information content (AvgIpc) is 2.86. The van der Waals surface area contributed by atoms with Crippen LogP contribution in [0.1, 0.15) is 21.5 Å². The summed E-state index contributed by atoms with van der Waals surface area (Å²) in [6, 6.07) is 15.6. The van der Waals surface area contributed by atoms with E-state index in [-0.39, 0.29) is 12.3 Å². The minimum atomic E-state index is 0.0459. The van der Waals surface area contributed by atoms with Crippen LogP contribution in [0.5, 0.6) is 0 Å². The molecule has 0 aliphatic heterocycles. The predicted octanol–water partition coefficient (Wildman–Crippen LogP) is 3.06. The van der Waals surface area contributed by atoms with Gasteiger partial charge in [-0.1, -0.05) is 42.5 Å². The first-order valence-corrected chi connectivity index (χ1v) is 7.98. The summed E-state index contributed by atoms with van der Waals surface area (Å²) in [4.78, 5) is 12.4. The normalized spacial score (nSPS) is 10.8. The van der Waals surface area contributed by atoms with Crippen molar-refractivity contribution in [3.63, 3.8) is 0 Å². The van der Waals surface area contributed by atoms with Crippen molar-refractivity contribution in [3.8, 4) is 11.3 Å². The minimum Gasteiger partial charge on any atom is -0.291 e. The molecule has 0 fully saturated rings. The molecule has 0 amide bonds. The SMILES string of the molecule is Cc1ccc(-c2c[n+](CC(=O)c3ccccc3)c(N)n2C)cc1C. The number of Topliss-reactive ketones (excluding diaryl/α,β-unsaturated/α-hetero) is 1. The summed E-state index contributed by atoms with van der Waals surface area (Å²) >= 11 is 0. The lowest BCUT2D eigenvalue weighted by Gasteiger charge is -2.03. The first-order valence-electron chi connectivity index (χ1n) is 7.98. The molecular formula is C20H22N3O+. The zero-order valence-electron chi connectivity index (χ0n) is 14.3. The molecule has 3 aromatic rings. The summed E-state index contributed by atoms with van der Waals surface area (Å²) in [6.07, 6.45) is 1.94. The van der Waals surface area contributed by atoms with E-state index in [1.165, 1.54) is 11.1 Å². The second-order valence-electron chi connectivity index (χ2n) is 6.15. The number of rotatable bonds is 4. The van der Waals surface area contributed by atoms with E-state index in [0.717, 1.165) is 11.3 Å². The lowest BCUT2D eigenvalue weighted by molar-refractivity contribution is -0.667. The maximum Gasteiger partial charge on any atom is 0.355 e. The van der Waals surface area contributed by atoms with Crippen LogP contribution in [0.2, 0.25) is 0 Å². The smallest absolute Gasteiger partial charge is 0.291 e. The molecule has 24 heavy (non-hydrogen) atoms. The number of ketones is 1. The highest BCUT2D eigenvalue weighted by atomic mass is 16.1. The van der Waals surface area contributed by atoms with E-state index >= 15 is 0 Å². The lowest BCUT2D eigenvalue weighted by Crippen LogP contribution is -2.39. The van der Waals surface area contributed by atoms with Crippen LogP contribution >= 0.6 is 0 Å². The van der Waals surface area contributed by atoms with Crippen molar-refractivity contribution in [3.05, 3.63) is 71.4 Å². The molecule has 1 aromatic heterocycles. The Morgan fingerprint density at radius 1 is 1.08 bits per heavy atom. The van der Waals surface area contributed by atoms with Crippen LogP contribution in [0.25, 0.3) is 11.3 Å². The van der Waals surface area contributed by atoms with Crippen LogP contribution in [0.15, 0.2) is 54.7 Å². The van der Waals surface area contributed by atoms with Gasteiger partial charge in [-0.15, -0.1) is 0 Å². The van der Waals surface area contributed by atoms with Crippen LogP contribution in [-0.2, 0) is 13.6 Å². The van der Waals surface area contributed by atoms with Gasteiger partial charge in [0.15, 0.2) is 5.78 Å². The first-order chi connectivity index (χ1) is 11.5. The Labute approximate surface area is 142 Å². The molecule has 4 heteroatoms. The lowest BCUT2D eigenvalue weighted by atomic mass is 10.0. The van der Waals surface area contributed by atoms with Crippen LogP contribution in [0.3, 0.4) is 0 Å². The molecule has 0 atom stereocenters. The molecule has 0 aliphatic rings. The third-order valence-electron chi connectivity index (χ3n) is 4.49. The van der Waals surface area contributed by atoms with E-state index in [4.69, 9.17) is 5.73 Å². The van der Waals surface area contributed by atoms with Crippen molar-refractivity contribution in [1.82, 2.24) is 4.57 Å². The number of hydrogen-bond acceptors (Lipinski definition) is 2. The van der Waals surface area contributed by atoms with Gasteiger partial charge in [0, 0.05) is 11.1 Å². The molecule has 2 aromatic carbocycles. The molecule has 0 saturated carbocycles. The summed E-state index contributed by atoms with van der Waals surface area (Å²) in [5, 5.41) is 0. The maximum absolute atomic E-state index is 12.4. The van der Waals surface area contributed by atoms with Crippen molar-refractivity contribution in [2.75, 3.05) is 5.73 Å². The van der Waals surface area contributed by atoms with Crippen LogP contribution in [0.4, 0.5) is 5.95 Å². The summed E-state index contributed by atoms with van der Waals surface area (Å²) in [7, 11) is 1.92. The molecule has 0 unspecified atom stereocenters. The van der Waals surface area contributed by atoms with Crippen molar-refractivity contribution in [2.45, 2.75) is 20.4 Å². The van der Waals surface area contributed by atoms with E-state index in [1.54, 1.807) is 4.57 Å². The van der Waals surface area contributed by atoms with Gasteiger partial charge < -0.3 is 0 Å². The number of hydrogen-bond donors (Lipinski definition) is 1. The minimum absolute atomic E-state index is 0.0459. The Morgan fingerprint density at radius 2 is 1.79 bits per heavy atom. The Hall–Kier alpha value is -2.88. The van der Waals surface area contributed by atoms with Crippen molar-refractivity contribution >= 4 is 11.7 Å². The first kappa shape index (κ1) is 16.0. The molecule has 0 saturated heterocycles. The zero-order chi connectivity index (χ0) is 17.3. The number of carbonyl (C=O) groups excluding carboxylic acids is 1. The van der Waals surface area contributed by atoms with Gasteiger partial charge in [0.2, 0.25) is 0 Å². The fourth-order valence-electron chi connectivity index (χ4n) is 2.78. The Kier molecular flexibility index (Phi) is 4.21. The number of benzene rings is 2. The molecule has 122 valence electrons. The average molecular weight is 320 g/mol. The van der Waals surface area contributed by atoms with E-state index < -0.39 is 0 Å². The highest BCUT2D eigenvalue weighted by Gasteiger charge is 2.20. The van der Waals surface area contributed by atoms with Crippen molar-refractivity contribution in [1.29, 1.82) is 0 Å². The number of nitrogen functional groups attached to an aromatic ring is 1. The Morgan fingerprint density at radius 3 is 2.46 bits per heavy atom. The number of imidazole rings is 1. The second-order valence-corrected chi connectivity index (χ2v) is 6.15. The fourth-order valence-corrected chi connectivity index (χ4v) is 2.78. The van der Waals surface area contributed by atoms with Crippen LogP contribution < -0.4 is 10.3 Å². The van der Waals surface area contributed by atoms with E-state index in [9.17, 15) is 4.79 Å². The van der Waals surface area contributed by atoms with E-state index in [0.29, 0.717) is 11.5 Å². The summed E-state index contributed by atoms with van der Waals surface area (Å²) in [6.45, 7) is 4.42. The number of aromatic nitrogens is 2. The zero-order valence-corrected chi connectivity index (χ0v) is 14.3. The predicted molar refractivity (Wildman–Crippen MR) is 95.7 cm³/mol. The molecule has 0 radical (unpaired) electrons. The molecule has 1 heterocycles. The number of carbonyl (C=O) groups is 1. The van der Waals surface area contributed by atoms with Gasteiger partial charge in [-0.05, 0) is 31.0 Å². The maximum atomic E-state index is 12.4. The fraction of sp³-hybridized carbons (Fsp3) is 0.200. The standard InChI is InChI=1S/C20H21N3O/c1-14-9-10-17(11-15(14)2)18-12-23(20(21)22(18)3)13-19(24)16-7-5-4-6-8-16/h4-12,21H,13H2,1-3H3/p+1. The summed E-state index contributed by atoms with van der Waals surface area (Å²) in [5.41, 5.74) is 11.5. The van der Waals surface area contributed by atoms with E-state index in [2.05, 4.69) is 32.0 Å². The van der Waals surface area contributed by atoms with Gasteiger partial charge in [-0.2, -0.15) is 0 Å². The number of nitrogens with two attached hydrogens (primary N) is 1. The third-order valence-corrected chi connectivity index (χ3v) is 4.49. The molecule has 0 bridgehead atoms. The van der Waals surface area contributed by atoms with Gasteiger partial charge in [0.05, 0.1) is 7.05 Å². The van der Waals surface area contributed by atoms with Gasteiger partial charge in [-0.3, -0.25) is 10.5 Å². The van der Waals surface area contributed by atoms with Gasteiger partial charge in [0.1, 0.15) is 18.4 Å². The third kappa shape index (κ3) is 2.95. The quantitative estimate of drug-likeness (QED) is 0.593. The molecule has 0 aliphatic carbocycles. The monoisotopic (exact) mass is 320 g/mol. The van der Waals surface area contributed by atoms with Crippen LogP contribution in [-0.4, -0.2) is 10.4 Å². The van der Waals surface area contributed by atoms with Crippen molar-refractivity contribution < 1.29 is 9.36 Å². The molecular weight excluding hydrogens is 298 g/mol. The number of nitrogens with zero attached hydrogens (tertiary/aromatic N) is 2. The second kappa shape index (κ2) is 6.32. The highest BCUT2D eigenvalue weighted by molar-refractivity contribution is 5.95. The summed E-state index contributed by atoms with van der Waals surface area (Å²) in [5.74, 6) is 0.608. The number of aryl methyl sites for hydroxylation is 2. The topological polar surface area (TPSA) is 51.9 Å². The van der Waals surface area contributed by atoms with Gasteiger partial charge in [0.25, 0.3) is 0 Å². The summed E-state index contributed by atoms with van der Waals surface area (Å²) < 4.78 is 3.72. The Balaban J connectivity index is 1.94. The number of anilines is 1. The van der Waals surface area contributed by atoms with Crippen molar-refractivity contribution in [2.24, 2.45) is 7.05 Å². The molecule has 4 nitrogen and oxygen atoms in total. The van der Waals surface area contributed by atoms with Crippen LogP contribution in [0, 0.1) is 13.8 Å². The molecule has 0 spiro atoms. The molecule has 3 rings (SSSR count). The van der Waals surface area contributed by atoms with E-state index in [1.807, 2.05) is 48.1 Å². The van der Waals surface area contributed by atoms with Gasteiger partial charge >= 0.3 is 5.95 Å². The van der Waals surface area contributed by atoms with Gasteiger partial charge in [-0.25, -0.2) is 9.13 Å². The Bertz CT molecular complexity index is 895. The molecule has 2 N–H and O–H groups in total.